The van der Waals surface area contributed by atoms with Crippen LogP contribution in [0.15, 0.2) is 34.5 Å². The quantitative estimate of drug-likeness (QED) is 0.911. The molecular formula is C12H12ClNO3S2. The molecule has 0 saturated heterocycles. The van der Waals surface area contributed by atoms with Gasteiger partial charge in [-0.1, -0.05) is 17.7 Å². The van der Waals surface area contributed by atoms with Gasteiger partial charge in [0.2, 0.25) is 0 Å². The van der Waals surface area contributed by atoms with Gasteiger partial charge in [-0.15, -0.1) is 11.3 Å². The zero-order chi connectivity index (χ0) is 14.0. The topological polar surface area (TPSA) is 66.4 Å². The predicted molar refractivity (Wildman–Crippen MR) is 77.2 cm³/mol. The molecule has 0 amide bonds. The molecule has 4 nitrogen and oxygen atoms in total. The fourth-order valence-electron chi connectivity index (χ4n) is 1.50. The highest BCUT2D eigenvalue weighted by Gasteiger charge is 2.18. The standard InChI is InChI=1S/C12H12ClNO3S2/c1-8-2-4-10(13)11(6-8)14-19(16,17)12-5-3-9(7-15)18-12/h2-6,14-15H,7H2,1H3. The number of hydrogen-bond acceptors (Lipinski definition) is 4. The monoisotopic (exact) mass is 317 g/mol. The fraction of sp³-hybridized carbons (Fsp3) is 0.167. The highest BCUT2D eigenvalue weighted by molar-refractivity contribution is 7.94. The van der Waals surface area contributed by atoms with E-state index in [2.05, 4.69) is 4.72 Å². The van der Waals surface area contributed by atoms with Crippen LogP contribution in [0.25, 0.3) is 0 Å². The van der Waals surface area contributed by atoms with Crippen molar-refractivity contribution in [2.75, 3.05) is 4.72 Å². The third-order valence-electron chi connectivity index (χ3n) is 2.42. The Morgan fingerprint density at radius 2 is 2.05 bits per heavy atom. The lowest BCUT2D eigenvalue weighted by atomic mass is 10.2. The number of anilines is 1. The van der Waals surface area contributed by atoms with Crippen molar-refractivity contribution in [3.8, 4) is 0 Å². The number of benzene rings is 1. The van der Waals surface area contributed by atoms with Gasteiger partial charge in [0.1, 0.15) is 4.21 Å². The van der Waals surface area contributed by atoms with Crippen molar-refractivity contribution in [2.45, 2.75) is 17.7 Å². The summed E-state index contributed by atoms with van der Waals surface area (Å²) in [6, 6.07) is 8.15. The predicted octanol–water partition coefficient (Wildman–Crippen LogP) is 3.00. The summed E-state index contributed by atoms with van der Waals surface area (Å²) in [7, 11) is -3.67. The molecule has 2 aromatic rings. The number of sulfonamides is 1. The van der Waals surface area contributed by atoms with E-state index >= 15 is 0 Å². The maximum absolute atomic E-state index is 12.2. The van der Waals surface area contributed by atoms with Crippen LogP contribution in [-0.2, 0) is 16.6 Å². The third kappa shape index (κ3) is 3.27. The van der Waals surface area contributed by atoms with E-state index in [1.165, 1.54) is 6.07 Å². The van der Waals surface area contributed by atoms with E-state index < -0.39 is 10.0 Å². The maximum Gasteiger partial charge on any atom is 0.271 e. The number of aliphatic hydroxyl groups is 1. The molecule has 1 aromatic carbocycles. The van der Waals surface area contributed by atoms with Crippen LogP contribution in [0.5, 0.6) is 0 Å². The fourth-order valence-corrected chi connectivity index (χ4v) is 4.01. The van der Waals surface area contributed by atoms with Crippen molar-refractivity contribution in [2.24, 2.45) is 0 Å². The summed E-state index contributed by atoms with van der Waals surface area (Å²) in [6.07, 6.45) is 0. The van der Waals surface area contributed by atoms with Gasteiger partial charge in [0.05, 0.1) is 17.3 Å². The minimum atomic E-state index is -3.67. The Labute approximate surface area is 120 Å². The molecule has 0 atom stereocenters. The second-order valence-electron chi connectivity index (χ2n) is 3.97. The van der Waals surface area contributed by atoms with Gasteiger partial charge in [0.15, 0.2) is 0 Å². The molecule has 19 heavy (non-hydrogen) atoms. The molecule has 0 aliphatic rings. The summed E-state index contributed by atoms with van der Waals surface area (Å²) in [5, 5.41) is 9.30. The van der Waals surface area contributed by atoms with Gasteiger partial charge in [-0.3, -0.25) is 4.72 Å². The molecule has 102 valence electrons. The number of halogens is 1. The molecule has 0 aliphatic heterocycles. The smallest absolute Gasteiger partial charge is 0.271 e. The van der Waals surface area contributed by atoms with Crippen molar-refractivity contribution in [3.05, 3.63) is 45.8 Å². The van der Waals surface area contributed by atoms with Crippen molar-refractivity contribution in [1.82, 2.24) is 0 Å². The highest BCUT2D eigenvalue weighted by Crippen LogP contribution is 2.28. The molecule has 0 spiro atoms. The van der Waals surface area contributed by atoms with Gasteiger partial charge < -0.3 is 5.11 Å². The van der Waals surface area contributed by atoms with Crippen LogP contribution in [0, 0.1) is 6.92 Å². The highest BCUT2D eigenvalue weighted by atomic mass is 35.5. The summed E-state index contributed by atoms with van der Waals surface area (Å²) < 4.78 is 26.9. The van der Waals surface area contributed by atoms with E-state index in [4.69, 9.17) is 16.7 Å². The van der Waals surface area contributed by atoms with Gasteiger partial charge in [0.25, 0.3) is 10.0 Å². The molecule has 2 N–H and O–H groups in total. The van der Waals surface area contributed by atoms with Gasteiger partial charge in [-0.05, 0) is 36.8 Å². The summed E-state index contributed by atoms with van der Waals surface area (Å²) in [5.74, 6) is 0. The number of hydrogen-bond donors (Lipinski definition) is 2. The van der Waals surface area contributed by atoms with Gasteiger partial charge >= 0.3 is 0 Å². The molecule has 0 saturated carbocycles. The number of rotatable bonds is 4. The Balaban J connectivity index is 2.33. The molecule has 0 bridgehead atoms. The number of aliphatic hydroxyl groups excluding tert-OH is 1. The molecule has 0 fully saturated rings. The molecule has 1 aromatic heterocycles. The Hall–Kier alpha value is -1.08. The second-order valence-corrected chi connectivity index (χ2v) is 7.45. The largest absolute Gasteiger partial charge is 0.391 e. The number of aryl methyl sites for hydroxylation is 1. The van der Waals surface area contributed by atoms with Crippen LogP contribution in [0.3, 0.4) is 0 Å². The van der Waals surface area contributed by atoms with E-state index in [9.17, 15) is 8.42 Å². The van der Waals surface area contributed by atoms with E-state index in [0.29, 0.717) is 15.6 Å². The molecule has 0 radical (unpaired) electrons. The summed E-state index contributed by atoms with van der Waals surface area (Å²) in [6.45, 7) is 1.68. The Kier molecular flexibility index (Phi) is 4.15. The van der Waals surface area contributed by atoms with E-state index in [1.54, 1.807) is 24.3 Å². The van der Waals surface area contributed by atoms with Crippen molar-refractivity contribution in [1.29, 1.82) is 0 Å². The van der Waals surface area contributed by atoms with Crippen molar-refractivity contribution < 1.29 is 13.5 Å². The average molecular weight is 318 g/mol. The first-order chi connectivity index (χ1) is 8.92. The Morgan fingerprint density at radius 3 is 2.68 bits per heavy atom. The molecule has 0 unspecified atom stereocenters. The average Bonchev–Trinajstić information content (AvgIpc) is 2.83. The van der Waals surface area contributed by atoms with Crippen LogP contribution < -0.4 is 4.72 Å². The lowest BCUT2D eigenvalue weighted by Gasteiger charge is -2.08. The van der Waals surface area contributed by atoms with Crippen molar-refractivity contribution in [3.63, 3.8) is 0 Å². The van der Waals surface area contributed by atoms with Gasteiger partial charge in [-0.25, -0.2) is 8.42 Å². The summed E-state index contributed by atoms with van der Waals surface area (Å²) in [5.41, 5.74) is 1.25. The van der Waals surface area contributed by atoms with E-state index in [1.807, 2.05) is 6.92 Å². The van der Waals surface area contributed by atoms with Crippen LogP contribution >= 0.6 is 22.9 Å². The SMILES string of the molecule is Cc1ccc(Cl)c(NS(=O)(=O)c2ccc(CO)s2)c1. The van der Waals surface area contributed by atoms with Gasteiger partial charge in [-0.2, -0.15) is 0 Å². The number of thiophene rings is 1. The van der Waals surface area contributed by atoms with Gasteiger partial charge in [0, 0.05) is 4.88 Å². The lowest BCUT2D eigenvalue weighted by Crippen LogP contribution is -2.11. The first-order valence-corrected chi connectivity index (χ1v) is 8.08. The third-order valence-corrected chi connectivity index (χ3v) is 5.68. The van der Waals surface area contributed by atoms with Crippen LogP contribution in [-0.4, -0.2) is 13.5 Å². The maximum atomic E-state index is 12.2. The first kappa shape index (κ1) is 14.3. The minimum absolute atomic E-state index is 0.147. The van der Waals surface area contributed by atoms with E-state index in [-0.39, 0.29) is 10.8 Å². The first-order valence-electron chi connectivity index (χ1n) is 5.41. The molecule has 7 heteroatoms. The minimum Gasteiger partial charge on any atom is -0.391 e. The summed E-state index contributed by atoms with van der Waals surface area (Å²) in [4.78, 5) is 0.593. The molecule has 1 heterocycles. The zero-order valence-electron chi connectivity index (χ0n) is 10.1. The normalized spacial score (nSPS) is 11.5. The molecular weight excluding hydrogens is 306 g/mol. The van der Waals surface area contributed by atoms with E-state index in [0.717, 1.165) is 16.9 Å². The molecule has 0 aliphatic carbocycles. The molecule has 2 rings (SSSR count). The van der Waals surface area contributed by atoms with Crippen LogP contribution in [0.4, 0.5) is 5.69 Å². The lowest BCUT2D eigenvalue weighted by molar-refractivity contribution is 0.285. The Bertz CT molecular complexity index is 695. The van der Waals surface area contributed by atoms with Crippen molar-refractivity contribution >= 4 is 38.6 Å². The number of nitrogens with one attached hydrogen (secondary N) is 1. The summed E-state index contributed by atoms with van der Waals surface area (Å²) >= 11 is 6.98. The van der Waals surface area contributed by atoms with Crippen LogP contribution in [0.2, 0.25) is 5.02 Å². The Morgan fingerprint density at radius 1 is 1.32 bits per heavy atom. The van der Waals surface area contributed by atoms with Crippen LogP contribution in [0.1, 0.15) is 10.4 Å². The second kappa shape index (κ2) is 5.50. The zero-order valence-corrected chi connectivity index (χ0v) is 12.4.